The Hall–Kier alpha value is -1.55. The van der Waals surface area contributed by atoms with Gasteiger partial charge < -0.3 is 10.5 Å². The molecule has 0 aliphatic heterocycles. The Morgan fingerprint density at radius 1 is 1.20 bits per heavy atom. The summed E-state index contributed by atoms with van der Waals surface area (Å²) in [4.78, 5) is 4.09. The molecular weight excluding hydrogens is 256 g/mol. The van der Waals surface area contributed by atoms with Crippen LogP contribution in [0.3, 0.4) is 0 Å². The molecule has 0 saturated carbocycles. The Balaban J connectivity index is 2.18. The zero-order chi connectivity index (χ0) is 10.7. The Bertz CT molecular complexity index is 456. The van der Waals surface area contributed by atoms with Crippen LogP contribution in [0.2, 0.25) is 0 Å². The van der Waals surface area contributed by atoms with Gasteiger partial charge in [0.05, 0.1) is 0 Å². The number of nitrogens with two attached hydrogens (primary N) is 1. The molecule has 0 radical (unpaired) electrons. The second-order valence-electron chi connectivity index (χ2n) is 2.99. The summed E-state index contributed by atoms with van der Waals surface area (Å²) in [6.45, 7) is 0. The largest absolute Gasteiger partial charge is 0.439 e. The summed E-state index contributed by atoms with van der Waals surface area (Å²) in [5.74, 6) is 1.23. The summed E-state index contributed by atoms with van der Waals surface area (Å²) >= 11 is 3.30. The van der Waals surface area contributed by atoms with Gasteiger partial charge in [-0.3, -0.25) is 0 Å². The van der Waals surface area contributed by atoms with Gasteiger partial charge in [0.1, 0.15) is 5.75 Å². The van der Waals surface area contributed by atoms with Crippen molar-refractivity contribution >= 4 is 21.6 Å². The molecule has 0 fully saturated rings. The molecule has 0 bridgehead atoms. The van der Waals surface area contributed by atoms with Gasteiger partial charge in [-0.05, 0) is 34.1 Å². The van der Waals surface area contributed by atoms with Crippen molar-refractivity contribution in [3.05, 3.63) is 47.1 Å². The number of benzene rings is 1. The number of anilines is 1. The van der Waals surface area contributed by atoms with Crippen LogP contribution in [0.4, 0.5) is 5.69 Å². The lowest BCUT2D eigenvalue weighted by molar-refractivity contribution is 0.463. The molecule has 2 rings (SSSR count). The van der Waals surface area contributed by atoms with E-state index >= 15 is 0 Å². The SMILES string of the molecule is Nc1cccc(Oc2ccc(Br)cn2)c1. The fourth-order valence-electron chi connectivity index (χ4n) is 1.12. The minimum Gasteiger partial charge on any atom is -0.439 e. The van der Waals surface area contributed by atoms with Crippen LogP contribution in [-0.4, -0.2) is 4.98 Å². The Morgan fingerprint density at radius 3 is 2.73 bits per heavy atom. The van der Waals surface area contributed by atoms with E-state index in [1.165, 1.54) is 0 Å². The second kappa shape index (κ2) is 4.31. The fraction of sp³-hybridized carbons (Fsp3) is 0. The number of halogens is 1. The van der Waals surface area contributed by atoms with Crippen LogP contribution in [0.25, 0.3) is 0 Å². The topological polar surface area (TPSA) is 48.1 Å². The highest BCUT2D eigenvalue weighted by Gasteiger charge is 1.98. The van der Waals surface area contributed by atoms with Gasteiger partial charge in [0.2, 0.25) is 5.88 Å². The minimum absolute atomic E-state index is 0.545. The maximum Gasteiger partial charge on any atom is 0.219 e. The smallest absolute Gasteiger partial charge is 0.219 e. The van der Waals surface area contributed by atoms with Gasteiger partial charge in [0.15, 0.2) is 0 Å². The average molecular weight is 265 g/mol. The van der Waals surface area contributed by atoms with Crippen LogP contribution in [0.1, 0.15) is 0 Å². The van der Waals surface area contributed by atoms with Crippen LogP contribution >= 0.6 is 15.9 Å². The van der Waals surface area contributed by atoms with Gasteiger partial charge in [-0.2, -0.15) is 0 Å². The summed E-state index contributed by atoms with van der Waals surface area (Å²) in [6, 6.07) is 10.9. The van der Waals surface area contributed by atoms with E-state index in [1.807, 2.05) is 24.3 Å². The van der Waals surface area contributed by atoms with Crippen molar-refractivity contribution in [3.63, 3.8) is 0 Å². The lowest BCUT2D eigenvalue weighted by atomic mass is 10.3. The number of hydrogen-bond donors (Lipinski definition) is 1. The third kappa shape index (κ3) is 2.70. The van der Waals surface area contributed by atoms with E-state index in [-0.39, 0.29) is 0 Å². The standard InChI is InChI=1S/C11H9BrN2O/c12-8-4-5-11(14-7-8)15-10-3-1-2-9(13)6-10/h1-7H,13H2. The molecule has 3 nitrogen and oxygen atoms in total. The monoisotopic (exact) mass is 264 g/mol. The van der Waals surface area contributed by atoms with E-state index in [9.17, 15) is 0 Å². The first kappa shape index (κ1) is 9.98. The second-order valence-corrected chi connectivity index (χ2v) is 3.90. The number of nitrogen functional groups attached to an aromatic ring is 1. The molecule has 1 aromatic heterocycles. The van der Waals surface area contributed by atoms with Crippen LogP contribution in [-0.2, 0) is 0 Å². The van der Waals surface area contributed by atoms with Crippen LogP contribution in [0.15, 0.2) is 47.1 Å². The predicted molar refractivity (Wildman–Crippen MR) is 62.9 cm³/mol. The summed E-state index contributed by atoms with van der Waals surface area (Å²) in [5.41, 5.74) is 6.30. The van der Waals surface area contributed by atoms with Crippen molar-refractivity contribution in [1.82, 2.24) is 4.98 Å². The summed E-state index contributed by atoms with van der Waals surface area (Å²) < 4.78 is 6.42. The molecule has 0 amide bonds. The van der Waals surface area contributed by atoms with Gasteiger partial charge >= 0.3 is 0 Å². The molecule has 0 saturated heterocycles. The quantitative estimate of drug-likeness (QED) is 0.848. The van der Waals surface area contributed by atoms with Crippen LogP contribution < -0.4 is 10.5 Å². The van der Waals surface area contributed by atoms with Gasteiger partial charge in [-0.1, -0.05) is 6.07 Å². The lowest BCUT2D eigenvalue weighted by Gasteiger charge is -2.04. The number of rotatable bonds is 2. The highest BCUT2D eigenvalue weighted by molar-refractivity contribution is 9.10. The molecule has 0 aliphatic rings. The van der Waals surface area contributed by atoms with Crippen molar-refractivity contribution in [2.24, 2.45) is 0 Å². The molecule has 0 unspecified atom stereocenters. The first-order chi connectivity index (χ1) is 7.24. The number of aromatic nitrogens is 1. The van der Waals surface area contributed by atoms with E-state index in [1.54, 1.807) is 18.3 Å². The van der Waals surface area contributed by atoms with Crippen molar-refractivity contribution in [2.45, 2.75) is 0 Å². The number of hydrogen-bond acceptors (Lipinski definition) is 3. The van der Waals surface area contributed by atoms with E-state index in [0.29, 0.717) is 17.3 Å². The van der Waals surface area contributed by atoms with E-state index in [4.69, 9.17) is 10.5 Å². The Labute approximate surface area is 96.0 Å². The van der Waals surface area contributed by atoms with Crippen molar-refractivity contribution in [1.29, 1.82) is 0 Å². The Kier molecular flexibility index (Phi) is 2.87. The molecule has 76 valence electrons. The van der Waals surface area contributed by atoms with Gasteiger partial charge in [-0.15, -0.1) is 0 Å². The molecule has 0 spiro atoms. The maximum absolute atomic E-state index is 5.63. The minimum atomic E-state index is 0.545. The van der Waals surface area contributed by atoms with Crippen LogP contribution in [0, 0.1) is 0 Å². The highest BCUT2D eigenvalue weighted by Crippen LogP contribution is 2.22. The first-order valence-corrected chi connectivity index (χ1v) is 5.18. The van der Waals surface area contributed by atoms with Crippen molar-refractivity contribution in [3.8, 4) is 11.6 Å². The molecular formula is C11H9BrN2O. The van der Waals surface area contributed by atoms with Crippen molar-refractivity contribution < 1.29 is 4.74 Å². The normalized spacial score (nSPS) is 9.93. The van der Waals surface area contributed by atoms with Crippen molar-refractivity contribution in [2.75, 3.05) is 5.73 Å². The maximum atomic E-state index is 5.63. The number of nitrogens with zero attached hydrogens (tertiary/aromatic N) is 1. The summed E-state index contributed by atoms with van der Waals surface area (Å²) in [6.07, 6.45) is 1.68. The molecule has 2 aromatic rings. The zero-order valence-electron chi connectivity index (χ0n) is 7.85. The molecule has 1 aromatic carbocycles. The third-order valence-corrected chi connectivity index (χ3v) is 2.25. The number of pyridine rings is 1. The third-order valence-electron chi connectivity index (χ3n) is 1.78. The summed E-state index contributed by atoms with van der Waals surface area (Å²) in [7, 11) is 0. The molecule has 4 heteroatoms. The molecule has 1 heterocycles. The average Bonchev–Trinajstić information content (AvgIpc) is 2.22. The van der Waals surface area contributed by atoms with Crippen LogP contribution in [0.5, 0.6) is 11.6 Å². The Morgan fingerprint density at radius 2 is 2.07 bits per heavy atom. The molecule has 0 aliphatic carbocycles. The molecule has 0 atom stereocenters. The molecule has 2 N–H and O–H groups in total. The van der Waals surface area contributed by atoms with E-state index < -0.39 is 0 Å². The first-order valence-electron chi connectivity index (χ1n) is 4.39. The fourth-order valence-corrected chi connectivity index (χ4v) is 1.36. The van der Waals surface area contributed by atoms with E-state index in [0.717, 1.165) is 4.47 Å². The predicted octanol–water partition coefficient (Wildman–Crippen LogP) is 3.22. The van der Waals surface area contributed by atoms with Gasteiger partial charge in [0.25, 0.3) is 0 Å². The lowest BCUT2D eigenvalue weighted by Crippen LogP contribution is -1.89. The van der Waals surface area contributed by atoms with Gasteiger partial charge in [0, 0.05) is 28.5 Å². The zero-order valence-corrected chi connectivity index (χ0v) is 9.44. The highest BCUT2D eigenvalue weighted by atomic mass is 79.9. The summed E-state index contributed by atoms with van der Waals surface area (Å²) in [5, 5.41) is 0. The van der Waals surface area contributed by atoms with E-state index in [2.05, 4.69) is 20.9 Å². The number of ether oxygens (including phenoxy) is 1. The van der Waals surface area contributed by atoms with Gasteiger partial charge in [-0.25, -0.2) is 4.98 Å². The molecule has 15 heavy (non-hydrogen) atoms.